The fourth-order valence-corrected chi connectivity index (χ4v) is 2.40. The van der Waals surface area contributed by atoms with Gasteiger partial charge in [-0.05, 0) is 36.1 Å². The number of hydrogen-bond donors (Lipinski definition) is 1. The number of carbonyl (C=O) groups excluding carboxylic acids is 1. The molecule has 1 aromatic carbocycles. The second-order valence-corrected chi connectivity index (χ2v) is 5.31. The minimum Gasteiger partial charge on any atom is -0.497 e. The topological polar surface area (TPSA) is 29.5 Å². The third-order valence-electron chi connectivity index (χ3n) is 3.63. The Morgan fingerprint density at radius 2 is 2.22 bits per heavy atom. The molecule has 1 aliphatic carbocycles. The summed E-state index contributed by atoms with van der Waals surface area (Å²) in [6.07, 6.45) is 2.83. The number of amides is 1. The molecule has 0 radical (unpaired) electrons. The molecule has 1 amide bonds. The first-order chi connectivity index (χ1) is 8.60. The van der Waals surface area contributed by atoms with Gasteiger partial charge in [-0.25, -0.2) is 0 Å². The Kier molecular flexibility index (Phi) is 3.85. The minimum atomic E-state index is 0.148. The van der Waals surface area contributed by atoms with Gasteiger partial charge < -0.3 is 9.64 Å². The number of rotatable bonds is 5. The second-order valence-electron chi connectivity index (χ2n) is 4.99. The second kappa shape index (κ2) is 5.22. The molecule has 0 atom stereocenters. The average Bonchev–Trinajstić information content (AvgIpc) is 3.18. The Balaban J connectivity index is 2.05. The van der Waals surface area contributed by atoms with Crippen molar-refractivity contribution >= 4 is 24.2 Å². The quantitative estimate of drug-likeness (QED) is 0.830. The summed E-state index contributed by atoms with van der Waals surface area (Å²) in [5.41, 5.74) is 1.03. The van der Waals surface area contributed by atoms with Gasteiger partial charge in [0.05, 0.1) is 7.11 Å². The van der Waals surface area contributed by atoms with E-state index >= 15 is 0 Å². The van der Waals surface area contributed by atoms with Crippen LogP contribution in [0.1, 0.15) is 19.3 Å². The highest BCUT2D eigenvalue weighted by Gasteiger charge is 2.43. The van der Waals surface area contributed by atoms with Crippen molar-refractivity contribution in [2.75, 3.05) is 24.8 Å². The molecule has 0 aliphatic heterocycles. The molecule has 1 fully saturated rings. The molecule has 3 nitrogen and oxygen atoms in total. The summed E-state index contributed by atoms with van der Waals surface area (Å²) in [6, 6.07) is 7.56. The number of carbonyl (C=O) groups is 1. The maximum atomic E-state index is 12.2. The van der Waals surface area contributed by atoms with Crippen LogP contribution in [-0.2, 0) is 4.79 Å². The van der Waals surface area contributed by atoms with Crippen LogP contribution in [-0.4, -0.2) is 25.8 Å². The molecule has 4 heteroatoms. The summed E-state index contributed by atoms with van der Waals surface area (Å²) in [6.45, 7) is 0. The summed E-state index contributed by atoms with van der Waals surface area (Å²) in [4.78, 5) is 13.9. The van der Waals surface area contributed by atoms with E-state index in [9.17, 15) is 4.79 Å². The molecule has 0 spiro atoms. The van der Waals surface area contributed by atoms with Crippen LogP contribution in [0.5, 0.6) is 5.75 Å². The third kappa shape index (κ3) is 2.80. The molecule has 1 aliphatic rings. The van der Waals surface area contributed by atoms with Gasteiger partial charge in [0, 0.05) is 25.2 Å². The van der Waals surface area contributed by atoms with E-state index < -0.39 is 0 Å². The van der Waals surface area contributed by atoms with E-state index in [-0.39, 0.29) is 11.3 Å². The lowest BCUT2D eigenvalue weighted by Gasteiger charge is -2.20. The van der Waals surface area contributed by atoms with Crippen molar-refractivity contribution in [1.29, 1.82) is 0 Å². The van der Waals surface area contributed by atoms with Crippen molar-refractivity contribution in [3.8, 4) is 5.75 Å². The maximum absolute atomic E-state index is 12.2. The van der Waals surface area contributed by atoms with Crippen LogP contribution in [0.4, 0.5) is 5.69 Å². The molecular weight excluding hydrogens is 246 g/mol. The van der Waals surface area contributed by atoms with Gasteiger partial charge in [-0.2, -0.15) is 12.6 Å². The van der Waals surface area contributed by atoms with Crippen LogP contribution >= 0.6 is 12.6 Å². The van der Waals surface area contributed by atoms with Gasteiger partial charge in [-0.1, -0.05) is 6.07 Å². The summed E-state index contributed by atoms with van der Waals surface area (Å²) < 4.78 is 5.17. The van der Waals surface area contributed by atoms with Crippen molar-refractivity contribution in [3.63, 3.8) is 0 Å². The van der Waals surface area contributed by atoms with E-state index in [1.807, 2.05) is 31.3 Å². The SMILES string of the molecule is COc1cccc(N(C)C(=O)CC2(CS)CC2)c1. The first-order valence-electron chi connectivity index (χ1n) is 6.12. The van der Waals surface area contributed by atoms with Gasteiger partial charge in [0.2, 0.25) is 5.91 Å². The number of anilines is 1. The zero-order valence-corrected chi connectivity index (χ0v) is 11.7. The zero-order chi connectivity index (χ0) is 13.2. The first kappa shape index (κ1) is 13.3. The van der Waals surface area contributed by atoms with Crippen LogP contribution < -0.4 is 9.64 Å². The van der Waals surface area contributed by atoms with Crippen molar-refractivity contribution in [2.45, 2.75) is 19.3 Å². The van der Waals surface area contributed by atoms with Crippen molar-refractivity contribution in [2.24, 2.45) is 5.41 Å². The van der Waals surface area contributed by atoms with Gasteiger partial charge in [0.1, 0.15) is 5.75 Å². The number of ether oxygens (including phenoxy) is 1. The molecule has 0 aromatic heterocycles. The average molecular weight is 265 g/mol. The molecule has 98 valence electrons. The molecule has 18 heavy (non-hydrogen) atoms. The Morgan fingerprint density at radius 1 is 1.50 bits per heavy atom. The zero-order valence-electron chi connectivity index (χ0n) is 10.8. The van der Waals surface area contributed by atoms with E-state index in [2.05, 4.69) is 12.6 Å². The van der Waals surface area contributed by atoms with Crippen molar-refractivity contribution < 1.29 is 9.53 Å². The van der Waals surface area contributed by atoms with Gasteiger partial charge in [0.25, 0.3) is 0 Å². The van der Waals surface area contributed by atoms with Crippen LogP contribution in [0.15, 0.2) is 24.3 Å². The van der Waals surface area contributed by atoms with Gasteiger partial charge in [0.15, 0.2) is 0 Å². The fourth-order valence-electron chi connectivity index (χ4n) is 1.97. The summed E-state index contributed by atoms with van der Waals surface area (Å²) in [5.74, 6) is 1.71. The molecule has 0 bridgehead atoms. The Labute approximate surface area is 114 Å². The number of hydrogen-bond acceptors (Lipinski definition) is 3. The fraction of sp³-hybridized carbons (Fsp3) is 0.500. The largest absolute Gasteiger partial charge is 0.497 e. The predicted octanol–water partition coefficient (Wildman–Crippen LogP) is 2.76. The number of methoxy groups -OCH3 is 1. The Morgan fingerprint density at radius 3 is 2.78 bits per heavy atom. The standard InChI is InChI=1S/C14H19NO2S/c1-15(11-4-3-5-12(8-11)17-2)13(16)9-14(10-18)6-7-14/h3-5,8,18H,6-7,9-10H2,1-2H3. The number of nitrogens with zero attached hydrogens (tertiary/aromatic N) is 1. The van der Waals surface area contributed by atoms with Crippen LogP contribution in [0.3, 0.4) is 0 Å². The van der Waals surface area contributed by atoms with Crippen molar-refractivity contribution in [3.05, 3.63) is 24.3 Å². The predicted molar refractivity (Wildman–Crippen MR) is 76.5 cm³/mol. The highest BCUT2D eigenvalue weighted by atomic mass is 32.1. The monoisotopic (exact) mass is 265 g/mol. The molecule has 0 heterocycles. The smallest absolute Gasteiger partial charge is 0.227 e. The van der Waals surface area contributed by atoms with Gasteiger partial charge >= 0.3 is 0 Å². The first-order valence-corrected chi connectivity index (χ1v) is 6.75. The van der Waals surface area contributed by atoms with E-state index in [0.717, 1.165) is 30.0 Å². The summed E-state index contributed by atoms with van der Waals surface area (Å²) >= 11 is 4.33. The molecule has 0 unspecified atom stereocenters. The number of thiol groups is 1. The summed E-state index contributed by atoms with van der Waals surface area (Å²) in [5, 5.41) is 0. The Bertz CT molecular complexity index is 443. The highest BCUT2D eigenvalue weighted by molar-refractivity contribution is 7.80. The van der Waals surface area contributed by atoms with Gasteiger partial charge in [-0.15, -0.1) is 0 Å². The number of benzene rings is 1. The van der Waals surface area contributed by atoms with E-state index in [0.29, 0.717) is 6.42 Å². The van der Waals surface area contributed by atoms with Crippen LogP contribution in [0.2, 0.25) is 0 Å². The lowest BCUT2D eigenvalue weighted by atomic mass is 10.0. The molecule has 2 rings (SSSR count). The molecule has 1 aromatic rings. The lowest BCUT2D eigenvalue weighted by molar-refractivity contribution is -0.119. The maximum Gasteiger partial charge on any atom is 0.227 e. The summed E-state index contributed by atoms with van der Waals surface area (Å²) in [7, 11) is 3.44. The normalized spacial score (nSPS) is 16.2. The molecule has 0 N–H and O–H groups in total. The van der Waals surface area contributed by atoms with Crippen LogP contribution in [0.25, 0.3) is 0 Å². The molecule has 1 saturated carbocycles. The molecule has 0 saturated heterocycles. The van der Waals surface area contributed by atoms with E-state index in [1.165, 1.54) is 0 Å². The minimum absolute atomic E-state index is 0.148. The Hall–Kier alpha value is -1.16. The highest BCUT2D eigenvalue weighted by Crippen LogP contribution is 2.49. The molecular formula is C14H19NO2S. The van der Waals surface area contributed by atoms with E-state index in [4.69, 9.17) is 4.74 Å². The van der Waals surface area contributed by atoms with Crippen molar-refractivity contribution in [1.82, 2.24) is 0 Å². The van der Waals surface area contributed by atoms with Gasteiger partial charge in [-0.3, -0.25) is 4.79 Å². The lowest BCUT2D eigenvalue weighted by Crippen LogP contribution is -2.29. The van der Waals surface area contributed by atoms with E-state index in [1.54, 1.807) is 12.0 Å². The van der Waals surface area contributed by atoms with Crippen LogP contribution in [0, 0.1) is 5.41 Å². The third-order valence-corrected chi connectivity index (χ3v) is 4.30.